The maximum Gasteiger partial charge on any atom is 0.258 e. The van der Waals surface area contributed by atoms with Crippen molar-refractivity contribution in [1.29, 1.82) is 0 Å². The zero-order valence-corrected chi connectivity index (χ0v) is 10.3. The normalized spacial score (nSPS) is 30.5. The predicted octanol–water partition coefficient (Wildman–Crippen LogP) is 0.610. The number of fused-ring (bicyclic) bond motifs is 1. The molecule has 3 unspecified atom stereocenters. The molecule has 3 heterocycles. The number of nitrogens with one attached hydrogen (secondary N) is 1. The van der Waals surface area contributed by atoms with Crippen LogP contribution in [-0.2, 0) is 0 Å². The molecule has 0 radical (unpaired) electrons. The van der Waals surface area contributed by atoms with Crippen molar-refractivity contribution in [3.8, 4) is 5.75 Å². The first-order valence-electron chi connectivity index (χ1n) is 6.35. The van der Waals surface area contributed by atoms with E-state index in [4.69, 9.17) is 0 Å². The molecule has 3 atom stereocenters. The van der Waals surface area contributed by atoms with Crippen LogP contribution in [0.15, 0.2) is 18.5 Å². The number of carbonyl (C=O) groups excluding carboxylic acids is 1. The van der Waals surface area contributed by atoms with E-state index in [0.29, 0.717) is 11.5 Å². The van der Waals surface area contributed by atoms with Gasteiger partial charge in [-0.25, -0.2) is 0 Å². The summed E-state index contributed by atoms with van der Waals surface area (Å²) in [6, 6.07) is 2.09. The molecule has 5 nitrogen and oxygen atoms in total. The minimum Gasteiger partial charge on any atom is -0.505 e. The number of likely N-dealkylation sites (tertiary alicyclic amines) is 1. The largest absolute Gasteiger partial charge is 0.505 e. The summed E-state index contributed by atoms with van der Waals surface area (Å²) in [6.07, 6.45) is 3.89. The monoisotopic (exact) mass is 247 g/mol. The number of pyridine rings is 1. The molecule has 2 saturated heterocycles. The van der Waals surface area contributed by atoms with E-state index in [1.807, 2.05) is 4.90 Å². The first-order valence-corrected chi connectivity index (χ1v) is 6.35. The Morgan fingerprint density at radius 2 is 2.39 bits per heavy atom. The molecule has 1 amide bonds. The Hall–Kier alpha value is -1.62. The van der Waals surface area contributed by atoms with E-state index >= 15 is 0 Å². The van der Waals surface area contributed by atoms with Crippen LogP contribution in [0.3, 0.4) is 0 Å². The van der Waals surface area contributed by atoms with Crippen LogP contribution in [0.4, 0.5) is 0 Å². The van der Waals surface area contributed by atoms with E-state index in [0.717, 1.165) is 19.5 Å². The molecule has 0 aliphatic carbocycles. The van der Waals surface area contributed by atoms with Crippen molar-refractivity contribution in [2.45, 2.75) is 25.4 Å². The maximum absolute atomic E-state index is 12.5. The molecule has 3 rings (SSSR count). The number of aromatic nitrogens is 1. The van der Waals surface area contributed by atoms with Crippen molar-refractivity contribution in [2.75, 3.05) is 13.1 Å². The highest BCUT2D eigenvalue weighted by molar-refractivity contribution is 5.97. The van der Waals surface area contributed by atoms with Crippen molar-refractivity contribution in [3.05, 3.63) is 24.0 Å². The molecular formula is C13H17N3O2. The lowest BCUT2D eigenvalue weighted by molar-refractivity contribution is 0.0679. The third-order valence-corrected chi connectivity index (χ3v) is 4.05. The molecule has 0 aromatic carbocycles. The zero-order chi connectivity index (χ0) is 12.7. The van der Waals surface area contributed by atoms with Crippen molar-refractivity contribution in [1.82, 2.24) is 15.2 Å². The number of amides is 1. The highest BCUT2D eigenvalue weighted by atomic mass is 16.3. The van der Waals surface area contributed by atoms with Gasteiger partial charge in [-0.05, 0) is 25.3 Å². The fraction of sp³-hybridized carbons (Fsp3) is 0.538. The van der Waals surface area contributed by atoms with E-state index in [1.54, 1.807) is 6.07 Å². The van der Waals surface area contributed by atoms with Gasteiger partial charge in [0.25, 0.3) is 5.91 Å². The molecule has 5 heteroatoms. The van der Waals surface area contributed by atoms with Gasteiger partial charge in [-0.15, -0.1) is 0 Å². The number of carbonyl (C=O) groups is 1. The molecule has 0 spiro atoms. The van der Waals surface area contributed by atoms with Gasteiger partial charge in [-0.1, -0.05) is 0 Å². The zero-order valence-electron chi connectivity index (χ0n) is 10.3. The Balaban J connectivity index is 1.90. The van der Waals surface area contributed by atoms with Gasteiger partial charge in [0.15, 0.2) is 0 Å². The molecular weight excluding hydrogens is 230 g/mol. The van der Waals surface area contributed by atoms with Crippen LogP contribution in [0.1, 0.15) is 23.7 Å². The molecule has 0 saturated carbocycles. The lowest BCUT2D eigenvalue weighted by atomic mass is 10.0. The highest BCUT2D eigenvalue weighted by Crippen LogP contribution is 2.34. The van der Waals surface area contributed by atoms with Crippen LogP contribution in [-0.4, -0.2) is 46.1 Å². The van der Waals surface area contributed by atoms with Crippen molar-refractivity contribution in [2.24, 2.45) is 5.92 Å². The van der Waals surface area contributed by atoms with Gasteiger partial charge in [0, 0.05) is 31.4 Å². The molecule has 1 aromatic heterocycles. The number of hydrogen-bond acceptors (Lipinski definition) is 4. The van der Waals surface area contributed by atoms with Crippen molar-refractivity contribution < 1.29 is 9.90 Å². The number of rotatable bonds is 1. The molecule has 2 fully saturated rings. The Morgan fingerprint density at radius 3 is 3.17 bits per heavy atom. The molecule has 96 valence electrons. The SMILES string of the molecule is CC1CC2CNCC2N1C(=O)c1ccncc1O. The Bertz CT molecular complexity index is 477. The summed E-state index contributed by atoms with van der Waals surface area (Å²) in [5.74, 6) is 0.427. The second kappa shape index (κ2) is 4.24. The molecule has 2 aliphatic rings. The lowest BCUT2D eigenvalue weighted by Gasteiger charge is -2.27. The third-order valence-electron chi connectivity index (χ3n) is 4.05. The first-order chi connectivity index (χ1) is 8.68. The van der Waals surface area contributed by atoms with Crippen molar-refractivity contribution in [3.63, 3.8) is 0 Å². The minimum absolute atomic E-state index is 0.0379. The Morgan fingerprint density at radius 1 is 1.56 bits per heavy atom. The molecule has 2 N–H and O–H groups in total. The second-order valence-corrected chi connectivity index (χ2v) is 5.18. The van der Waals surface area contributed by atoms with Gasteiger partial charge in [-0.2, -0.15) is 0 Å². The fourth-order valence-corrected chi connectivity index (χ4v) is 3.22. The average molecular weight is 247 g/mol. The quantitative estimate of drug-likeness (QED) is 0.763. The van der Waals surface area contributed by atoms with Crippen LogP contribution in [0.2, 0.25) is 0 Å². The smallest absolute Gasteiger partial charge is 0.258 e. The first kappa shape index (κ1) is 11.5. The minimum atomic E-state index is -0.0846. The summed E-state index contributed by atoms with van der Waals surface area (Å²) >= 11 is 0. The molecule has 18 heavy (non-hydrogen) atoms. The lowest BCUT2D eigenvalue weighted by Crippen LogP contribution is -2.42. The topological polar surface area (TPSA) is 65.5 Å². The van der Waals surface area contributed by atoms with Gasteiger partial charge < -0.3 is 15.3 Å². The van der Waals surface area contributed by atoms with E-state index in [9.17, 15) is 9.90 Å². The number of hydrogen-bond donors (Lipinski definition) is 2. The summed E-state index contributed by atoms with van der Waals surface area (Å²) in [5, 5.41) is 13.1. The fourth-order valence-electron chi connectivity index (χ4n) is 3.22. The molecule has 1 aromatic rings. The average Bonchev–Trinajstić information content (AvgIpc) is 2.88. The van der Waals surface area contributed by atoms with E-state index in [-0.39, 0.29) is 23.7 Å². The molecule has 0 bridgehead atoms. The summed E-state index contributed by atoms with van der Waals surface area (Å²) in [4.78, 5) is 18.3. The van der Waals surface area contributed by atoms with Crippen LogP contribution < -0.4 is 5.32 Å². The second-order valence-electron chi connectivity index (χ2n) is 5.18. The van der Waals surface area contributed by atoms with Gasteiger partial charge in [0.05, 0.1) is 11.8 Å². The summed E-state index contributed by atoms with van der Waals surface area (Å²) in [7, 11) is 0. The van der Waals surface area contributed by atoms with Gasteiger partial charge >= 0.3 is 0 Å². The summed E-state index contributed by atoms with van der Waals surface area (Å²) in [5.41, 5.74) is 0.351. The number of nitrogens with zero attached hydrogens (tertiary/aromatic N) is 2. The van der Waals surface area contributed by atoms with Crippen molar-refractivity contribution >= 4 is 5.91 Å². The third kappa shape index (κ3) is 1.66. The predicted molar refractivity (Wildman–Crippen MR) is 66.3 cm³/mol. The van der Waals surface area contributed by atoms with Gasteiger partial charge in [0.2, 0.25) is 0 Å². The maximum atomic E-state index is 12.5. The van der Waals surface area contributed by atoms with Gasteiger partial charge in [0.1, 0.15) is 5.75 Å². The summed E-state index contributed by atoms with van der Waals surface area (Å²) in [6.45, 7) is 3.92. The van der Waals surface area contributed by atoms with Crippen LogP contribution in [0.5, 0.6) is 5.75 Å². The van der Waals surface area contributed by atoms with Crippen LogP contribution in [0.25, 0.3) is 0 Å². The Kier molecular flexibility index (Phi) is 2.70. The highest BCUT2D eigenvalue weighted by Gasteiger charge is 2.44. The molecule has 2 aliphatic heterocycles. The van der Waals surface area contributed by atoms with E-state index in [2.05, 4.69) is 17.2 Å². The standard InChI is InChI=1S/C13H17N3O2/c1-8-4-9-5-15-6-11(9)16(8)13(18)10-2-3-14-7-12(10)17/h2-3,7-9,11,15,17H,4-6H2,1H3. The van der Waals surface area contributed by atoms with Gasteiger partial charge in [-0.3, -0.25) is 9.78 Å². The van der Waals surface area contributed by atoms with Crippen LogP contribution >= 0.6 is 0 Å². The van der Waals surface area contributed by atoms with Crippen LogP contribution in [0, 0.1) is 5.92 Å². The Labute approximate surface area is 106 Å². The summed E-state index contributed by atoms with van der Waals surface area (Å²) < 4.78 is 0. The van der Waals surface area contributed by atoms with E-state index in [1.165, 1.54) is 12.4 Å². The van der Waals surface area contributed by atoms with E-state index < -0.39 is 0 Å². The number of aromatic hydroxyl groups is 1.